The lowest BCUT2D eigenvalue weighted by atomic mass is 10.1. The van der Waals surface area contributed by atoms with Crippen molar-refractivity contribution in [3.8, 4) is 0 Å². The highest BCUT2D eigenvalue weighted by Crippen LogP contribution is 2.29. The van der Waals surface area contributed by atoms with Crippen molar-refractivity contribution in [1.29, 1.82) is 0 Å². The van der Waals surface area contributed by atoms with E-state index in [1.807, 2.05) is 0 Å². The van der Waals surface area contributed by atoms with Gasteiger partial charge in [-0.3, -0.25) is 4.79 Å². The number of amides is 1. The van der Waals surface area contributed by atoms with Crippen molar-refractivity contribution in [2.75, 3.05) is 6.54 Å². The van der Waals surface area contributed by atoms with Gasteiger partial charge in [0.15, 0.2) is 0 Å². The van der Waals surface area contributed by atoms with Gasteiger partial charge < -0.3 is 10.6 Å². The van der Waals surface area contributed by atoms with E-state index in [0.29, 0.717) is 6.42 Å². The van der Waals surface area contributed by atoms with Crippen LogP contribution in [0.4, 0.5) is 13.2 Å². The van der Waals surface area contributed by atoms with E-state index >= 15 is 0 Å². The summed E-state index contributed by atoms with van der Waals surface area (Å²) in [6.45, 7) is 3.85. The lowest BCUT2D eigenvalue weighted by molar-refractivity contribution is -0.137. The lowest BCUT2D eigenvalue weighted by Gasteiger charge is -2.27. The normalized spacial score (nSPS) is 11.5. The molecule has 0 heterocycles. The highest BCUT2D eigenvalue weighted by atomic mass is 32.1. The Morgan fingerprint density at radius 1 is 1.38 bits per heavy atom. The number of halogens is 3. The molecule has 0 aliphatic heterocycles. The molecule has 21 heavy (non-hydrogen) atoms. The van der Waals surface area contributed by atoms with Crippen LogP contribution in [0.3, 0.4) is 0 Å². The largest absolute Gasteiger partial charge is 0.416 e. The molecule has 0 radical (unpaired) electrons. The summed E-state index contributed by atoms with van der Waals surface area (Å²) < 4.78 is 38.1. The van der Waals surface area contributed by atoms with Crippen molar-refractivity contribution in [3.63, 3.8) is 0 Å². The third-order valence-corrected chi connectivity index (χ3v) is 3.12. The monoisotopic (exact) mass is 318 g/mol. The molecular weight excluding hydrogens is 301 g/mol. The van der Waals surface area contributed by atoms with Crippen LogP contribution in [-0.2, 0) is 6.18 Å². The topological polar surface area (TPSA) is 46.3 Å². The molecule has 1 aromatic rings. The smallest absolute Gasteiger partial charge is 0.393 e. The number of rotatable bonds is 5. The SMILES string of the molecule is CC(C)N(CCC(N)=S)C(=O)c1cccc(C(F)(F)F)c1. The summed E-state index contributed by atoms with van der Waals surface area (Å²) >= 11 is 4.76. The molecule has 0 aliphatic rings. The fraction of sp³-hybridized carbons (Fsp3) is 0.429. The van der Waals surface area contributed by atoms with Gasteiger partial charge in [-0.2, -0.15) is 13.2 Å². The Labute approximate surface area is 126 Å². The van der Waals surface area contributed by atoms with Gasteiger partial charge in [-0.1, -0.05) is 18.3 Å². The van der Waals surface area contributed by atoms with Crippen LogP contribution in [0.2, 0.25) is 0 Å². The zero-order chi connectivity index (χ0) is 16.2. The number of hydrogen-bond acceptors (Lipinski definition) is 2. The molecule has 0 unspecified atom stereocenters. The molecule has 0 aliphatic carbocycles. The van der Waals surface area contributed by atoms with E-state index in [1.54, 1.807) is 13.8 Å². The fourth-order valence-electron chi connectivity index (χ4n) is 1.82. The molecule has 116 valence electrons. The third kappa shape index (κ3) is 5.00. The predicted molar refractivity (Wildman–Crippen MR) is 79.0 cm³/mol. The molecule has 0 fully saturated rings. The van der Waals surface area contributed by atoms with Gasteiger partial charge in [0, 0.05) is 24.6 Å². The summed E-state index contributed by atoms with van der Waals surface area (Å²) in [5.74, 6) is -0.465. The fourth-order valence-corrected chi connectivity index (χ4v) is 1.91. The summed E-state index contributed by atoms with van der Waals surface area (Å²) in [5.41, 5.74) is 4.57. The molecule has 2 N–H and O–H groups in total. The molecular formula is C14H17F3N2OS. The summed E-state index contributed by atoms with van der Waals surface area (Å²) in [7, 11) is 0. The summed E-state index contributed by atoms with van der Waals surface area (Å²) in [4.78, 5) is 14.1. The summed E-state index contributed by atoms with van der Waals surface area (Å²) in [6.07, 6.45) is -4.14. The molecule has 1 amide bonds. The van der Waals surface area contributed by atoms with Gasteiger partial charge in [0.1, 0.15) is 0 Å². The van der Waals surface area contributed by atoms with Crippen LogP contribution in [0.1, 0.15) is 36.2 Å². The number of nitrogens with zero attached hydrogens (tertiary/aromatic N) is 1. The van der Waals surface area contributed by atoms with Crippen LogP contribution >= 0.6 is 12.2 Å². The third-order valence-electron chi connectivity index (χ3n) is 2.92. The minimum absolute atomic E-state index is 0.00136. The van der Waals surface area contributed by atoms with Gasteiger partial charge in [0.05, 0.1) is 10.6 Å². The number of benzene rings is 1. The number of carbonyl (C=O) groups excluding carboxylic acids is 1. The van der Waals surface area contributed by atoms with Crippen molar-refractivity contribution in [3.05, 3.63) is 35.4 Å². The van der Waals surface area contributed by atoms with E-state index in [9.17, 15) is 18.0 Å². The van der Waals surface area contributed by atoms with E-state index in [4.69, 9.17) is 18.0 Å². The Kier molecular flexibility index (Phi) is 5.71. The minimum atomic E-state index is -4.47. The maximum atomic E-state index is 12.7. The maximum absolute atomic E-state index is 12.7. The first-order valence-corrected chi connectivity index (χ1v) is 6.80. The Morgan fingerprint density at radius 2 is 2.00 bits per heavy atom. The molecule has 0 saturated heterocycles. The van der Waals surface area contributed by atoms with Gasteiger partial charge in [-0.15, -0.1) is 0 Å². The number of thiocarbonyl (C=S) groups is 1. The van der Waals surface area contributed by atoms with Gasteiger partial charge in [-0.05, 0) is 32.0 Å². The highest BCUT2D eigenvalue weighted by molar-refractivity contribution is 7.80. The zero-order valence-corrected chi connectivity index (χ0v) is 12.6. The van der Waals surface area contributed by atoms with Gasteiger partial charge in [0.2, 0.25) is 0 Å². The van der Waals surface area contributed by atoms with Gasteiger partial charge in [0.25, 0.3) is 5.91 Å². The number of alkyl halides is 3. The van der Waals surface area contributed by atoms with Crippen molar-refractivity contribution in [2.45, 2.75) is 32.5 Å². The maximum Gasteiger partial charge on any atom is 0.416 e. The second-order valence-electron chi connectivity index (χ2n) is 4.89. The Morgan fingerprint density at radius 3 is 2.48 bits per heavy atom. The van der Waals surface area contributed by atoms with E-state index in [0.717, 1.165) is 12.1 Å². The quantitative estimate of drug-likeness (QED) is 0.848. The minimum Gasteiger partial charge on any atom is -0.393 e. The Bertz CT molecular complexity index is 529. The molecule has 0 saturated carbocycles. The molecule has 0 spiro atoms. The van der Waals surface area contributed by atoms with Crippen molar-refractivity contribution < 1.29 is 18.0 Å². The van der Waals surface area contributed by atoms with E-state index in [-0.39, 0.29) is 23.1 Å². The van der Waals surface area contributed by atoms with Crippen LogP contribution < -0.4 is 5.73 Å². The van der Waals surface area contributed by atoms with Crippen LogP contribution in [0.25, 0.3) is 0 Å². The Hall–Kier alpha value is -1.63. The first-order valence-electron chi connectivity index (χ1n) is 6.39. The molecule has 0 aromatic heterocycles. The molecule has 1 rings (SSSR count). The number of nitrogens with two attached hydrogens (primary N) is 1. The molecule has 7 heteroatoms. The summed E-state index contributed by atoms with van der Waals surface area (Å²) in [5, 5.41) is 0. The number of hydrogen-bond donors (Lipinski definition) is 1. The Balaban J connectivity index is 3.01. The van der Waals surface area contributed by atoms with E-state index < -0.39 is 17.6 Å². The lowest BCUT2D eigenvalue weighted by Crippen LogP contribution is -2.39. The van der Waals surface area contributed by atoms with Crippen LogP contribution in [0.5, 0.6) is 0 Å². The second kappa shape index (κ2) is 6.89. The molecule has 0 atom stereocenters. The highest BCUT2D eigenvalue weighted by Gasteiger charge is 2.31. The van der Waals surface area contributed by atoms with Gasteiger partial charge in [-0.25, -0.2) is 0 Å². The van der Waals surface area contributed by atoms with Crippen LogP contribution in [-0.4, -0.2) is 28.4 Å². The van der Waals surface area contributed by atoms with Crippen molar-refractivity contribution in [2.24, 2.45) is 5.73 Å². The molecule has 0 bridgehead atoms. The summed E-state index contributed by atoms with van der Waals surface area (Å²) in [6, 6.07) is 4.22. The average molecular weight is 318 g/mol. The van der Waals surface area contributed by atoms with E-state index in [2.05, 4.69) is 0 Å². The predicted octanol–water partition coefficient (Wildman–Crippen LogP) is 3.23. The zero-order valence-electron chi connectivity index (χ0n) is 11.8. The average Bonchev–Trinajstić information content (AvgIpc) is 2.37. The van der Waals surface area contributed by atoms with Gasteiger partial charge >= 0.3 is 6.18 Å². The first kappa shape index (κ1) is 17.4. The van der Waals surface area contributed by atoms with Crippen LogP contribution in [0.15, 0.2) is 24.3 Å². The molecule has 3 nitrogen and oxygen atoms in total. The molecule has 1 aromatic carbocycles. The van der Waals surface area contributed by atoms with Crippen LogP contribution in [0, 0.1) is 0 Å². The second-order valence-corrected chi connectivity index (χ2v) is 5.41. The number of carbonyl (C=O) groups is 1. The standard InChI is InChI=1S/C14H17F3N2OS/c1-9(2)19(7-6-12(18)21)13(20)10-4-3-5-11(8-10)14(15,16)17/h3-5,8-9H,6-7H2,1-2H3,(H2,18,21). The van der Waals surface area contributed by atoms with Crippen molar-refractivity contribution in [1.82, 2.24) is 4.90 Å². The van der Waals surface area contributed by atoms with Crippen molar-refractivity contribution >= 4 is 23.1 Å². The van der Waals surface area contributed by atoms with E-state index in [1.165, 1.54) is 17.0 Å². The first-order chi connectivity index (χ1) is 9.62.